The standard InChI is InChI=1S/C34H28N6O4S2/c1-18-12-14-21(15-13-18)30(28-19(2)37-39(31(28)43)33-35-24(16-45-33)22-8-4-6-10-26(22)41)29-20(3)38-40(32(29)44)34-36-25(17-46-34)23-9-5-7-11-27(23)42/h4-17,30,37-38,41-42H,1-3H3. The fourth-order valence-corrected chi connectivity index (χ4v) is 7.23. The number of hydrogen-bond acceptors (Lipinski definition) is 8. The number of para-hydroxylation sites is 2. The van der Waals surface area contributed by atoms with Gasteiger partial charge in [0.1, 0.15) is 11.5 Å². The van der Waals surface area contributed by atoms with E-state index in [4.69, 9.17) is 0 Å². The Morgan fingerprint density at radius 3 is 1.52 bits per heavy atom. The average Bonchev–Trinajstić information content (AvgIpc) is 3.83. The van der Waals surface area contributed by atoms with E-state index in [0.717, 1.165) is 11.1 Å². The molecule has 0 unspecified atom stereocenters. The van der Waals surface area contributed by atoms with E-state index in [0.29, 0.717) is 55.3 Å². The van der Waals surface area contributed by atoms with E-state index in [-0.39, 0.29) is 22.6 Å². The van der Waals surface area contributed by atoms with Crippen LogP contribution < -0.4 is 11.1 Å². The van der Waals surface area contributed by atoms with Gasteiger partial charge >= 0.3 is 0 Å². The lowest BCUT2D eigenvalue weighted by Gasteiger charge is -2.16. The van der Waals surface area contributed by atoms with E-state index < -0.39 is 5.92 Å². The highest BCUT2D eigenvalue weighted by Crippen LogP contribution is 2.35. The number of hydrogen-bond donors (Lipinski definition) is 4. The number of aryl methyl sites for hydroxylation is 3. The topological polar surface area (TPSA) is 142 Å². The second-order valence-electron chi connectivity index (χ2n) is 11.0. The van der Waals surface area contributed by atoms with Crippen LogP contribution in [0.15, 0.2) is 93.1 Å². The zero-order chi connectivity index (χ0) is 32.1. The van der Waals surface area contributed by atoms with Gasteiger partial charge in [0, 0.05) is 39.2 Å². The molecule has 0 amide bonds. The second kappa shape index (κ2) is 11.5. The van der Waals surface area contributed by atoms with Crippen LogP contribution in [0.1, 0.15) is 39.6 Å². The summed E-state index contributed by atoms with van der Waals surface area (Å²) in [6.45, 7) is 5.61. The lowest BCUT2D eigenvalue weighted by Crippen LogP contribution is -2.25. The number of phenols is 2. The van der Waals surface area contributed by atoms with Gasteiger partial charge in [-0.1, -0.05) is 54.1 Å². The summed E-state index contributed by atoms with van der Waals surface area (Å²) in [5, 5.41) is 31.4. The second-order valence-corrected chi connectivity index (χ2v) is 12.7. The van der Waals surface area contributed by atoms with Gasteiger partial charge < -0.3 is 10.2 Å². The predicted octanol–water partition coefficient (Wildman–Crippen LogP) is 6.41. The van der Waals surface area contributed by atoms with Gasteiger partial charge in [-0.05, 0) is 50.6 Å². The maximum Gasteiger partial charge on any atom is 0.277 e. The van der Waals surface area contributed by atoms with Crippen LogP contribution in [-0.2, 0) is 0 Å². The number of thiazole rings is 2. The van der Waals surface area contributed by atoms with Crippen LogP contribution in [0, 0.1) is 20.8 Å². The summed E-state index contributed by atoms with van der Waals surface area (Å²) < 4.78 is 2.78. The first-order valence-electron chi connectivity index (χ1n) is 14.4. The number of aromatic amines is 2. The molecule has 0 bridgehead atoms. The molecule has 4 N–H and O–H groups in total. The van der Waals surface area contributed by atoms with E-state index in [1.54, 1.807) is 47.2 Å². The minimum absolute atomic E-state index is 0.0987. The van der Waals surface area contributed by atoms with Crippen LogP contribution in [0.4, 0.5) is 0 Å². The molecule has 3 aromatic carbocycles. The van der Waals surface area contributed by atoms with E-state index in [1.807, 2.05) is 57.2 Å². The van der Waals surface area contributed by atoms with Crippen molar-refractivity contribution in [1.82, 2.24) is 29.5 Å². The Balaban J connectivity index is 1.36. The molecule has 4 aromatic heterocycles. The molecule has 0 atom stereocenters. The molecule has 0 saturated carbocycles. The highest BCUT2D eigenvalue weighted by Gasteiger charge is 2.31. The largest absolute Gasteiger partial charge is 0.507 e. The molecule has 0 aliphatic carbocycles. The zero-order valence-electron chi connectivity index (χ0n) is 25.0. The third kappa shape index (κ3) is 4.97. The van der Waals surface area contributed by atoms with Crippen LogP contribution in [0.2, 0.25) is 0 Å². The van der Waals surface area contributed by atoms with Gasteiger partial charge in [0.15, 0.2) is 0 Å². The van der Waals surface area contributed by atoms with Crippen LogP contribution >= 0.6 is 22.7 Å². The minimum atomic E-state index is -0.703. The molecule has 10 nitrogen and oxygen atoms in total. The Bertz CT molecular complexity index is 2200. The van der Waals surface area contributed by atoms with Crippen molar-refractivity contribution in [3.05, 3.63) is 138 Å². The molecule has 0 saturated heterocycles. The summed E-state index contributed by atoms with van der Waals surface area (Å²) in [5.41, 5.74) is 5.43. The first-order valence-corrected chi connectivity index (χ1v) is 16.1. The number of benzene rings is 3. The Morgan fingerprint density at radius 2 is 1.09 bits per heavy atom. The maximum absolute atomic E-state index is 14.2. The molecule has 0 fully saturated rings. The molecule has 46 heavy (non-hydrogen) atoms. The number of H-pyrrole nitrogens is 2. The third-order valence-electron chi connectivity index (χ3n) is 7.95. The highest BCUT2D eigenvalue weighted by atomic mass is 32.1. The molecule has 4 heterocycles. The smallest absolute Gasteiger partial charge is 0.277 e. The van der Waals surface area contributed by atoms with E-state index in [2.05, 4.69) is 20.2 Å². The van der Waals surface area contributed by atoms with Crippen molar-refractivity contribution in [1.29, 1.82) is 0 Å². The molecule has 12 heteroatoms. The molecule has 0 radical (unpaired) electrons. The van der Waals surface area contributed by atoms with Gasteiger partial charge in [-0.25, -0.2) is 9.97 Å². The van der Waals surface area contributed by atoms with Crippen molar-refractivity contribution in [3.8, 4) is 44.3 Å². The van der Waals surface area contributed by atoms with Crippen molar-refractivity contribution < 1.29 is 10.2 Å². The average molecular weight is 649 g/mol. The van der Waals surface area contributed by atoms with Gasteiger partial charge in [0.2, 0.25) is 10.3 Å². The number of aromatic hydroxyl groups is 2. The van der Waals surface area contributed by atoms with Crippen molar-refractivity contribution in [2.45, 2.75) is 26.7 Å². The van der Waals surface area contributed by atoms with Gasteiger partial charge in [-0.2, -0.15) is 9.36 Å². The number of nitrogens with zero attached hydrogens (tertiary/aromatic N) is 4. The van der Waals surface area contributed by atoms with Gasteiger partial charge in [-0.3, -0.25) is 19.8 Å². The quantitative estimate of drug-likeness (QED) is 0.157. The molecular weight excluding hydrogens is 621 g/mol. The van der Waals surface area contributed by atoms with Crippen molar-refractivity contribution in [3.63, 3.8) is 0 Å². The van der Waals surface area contributed by atoms with Gasteiger partial charge in [0.25, 0.3) is 11.1 Å². The molecule has 0 spiro atoms. The number of phenolic OH excluding ortho intramolecular Hbond substituents is 2. The van der Waals surface area contributed by atoms with E-state index in [9.17, 15) is 19.8 Å². The number of nitrogens with one attached hydrogen (secondary N) is 2. The number of rotatable bonds is 7. The van der Waals surface area contributed by atoms with E-state index >= 15 is 0 Å². The van der Waals surface area contributed by atoms with Crippen molar-refractivity contribution in [2.24, 2.45) is 0 Å². The molecule has 0 aliphatic heterocycles. The summed E-state index contributed by atoms with van der Waals surface area (Å²) in [6, 6.07) is 21.6. The Morgan fingerprint density at radius 1 is 0.652 bits per heavy atom. The van der Waals surface area contributed by atoms with Crippen LogP contribution in [-0.4, -0.2) is 39.7 Å². The van der Waals surface area contributed by atoms with Crippen LogP contribution in [0.25, 0.3) is 32.8 Å². The summed E-state index contributed by atoms with van der Waals surface area (Å²) in [7, 11) is 0. The fourth-order valence-electron chi connectivity index (χ4n) is 5.67. The predicted molar refractivity (Wildman–Crippen MR) is 180 cm³/mol. The summed E-state index contributed by atoms with van der Waals surface area (Å²) in [4.78, 5) is 37.8. The van der Waals surface area contributed by atoms with Gasteiger partial charge in [0.05, 0.1) is 22.5 Å². The zero-order valence-corrected chi connectivity index (χ0v) is 26.6. The van der Waals surface area contributed by atoms with E-state index in [1.165, 1.54) is 32.0 Å². The van der Waals surface area contributed by atoms with Crippen molar-refractivity contribution >= 4 is 22.7 Å². The van der Waals surface area contributed by atoms with Crippen LogP contribution in [0.3, 0.4) is 0 Å². The monoisotopic (exact) mass is 648 g/mol. The normalized spacial score (nSPS) is 11.5. The molecular formula is C34H28N6O4S2. The minimum Gasteiger partial charge on any atom is -0.507 e. The lowest BCUT2D eigenvalue weighted by molar-refractivity contribution is 0.476. The maximum atomic E-state index is 14.2. The fraction of sp³-hybridized carbons (Fsp3) is 0.118. The summed E-state index contributed by atoms with van der Waals surface area (Å²) in [6.07, 6.45) is 0. The highest BCUT2D eigenvalue weighted by molar-refractivity contribution is 7.12. The first-order chi connectivity index (χ1) is 22.2. The Kier molecular flexibility index (Phi) is 7.30. The third-order valence-corrected chi connectivity index (χ3v) is 9.60. The Hall–Kier alpha value is -5.46. The van der Waals surface area contributed by atoms with Gasteiger partial charge in [-0.15, -0.1) is 22.7 Å². The number of aromatic nitrogens is 6. The summed E-state index contributed by atoms with van der Waals surface area (Å²) >= 11 is 2.54. The molecule has 230 valence electrons. The first kappa shape index (κ1) is 29.3. The molecule has 7 rings (SSSR count). The Labute approximate surface area is 270 Å². The van der Waals surface area contributed by atoms with Crippen LogP contribution in [0.5, 0.6) is 11.5 Å². The SMILES string of the molecule is Cc1ccc(C(c2c(C)[nH]n(-c3nc(-c4ccccc4O)cs3)c2=O)c2c(C)[nH]n(-c3nc(-c4ccccc4O)cs3)c2=O)cc1. The summed E-state index contributed by atoms with van der Waals surface area (Å²) in [5.74, 6) is -0.506. The molecule has 0 aliphatic rings. The lowest BCUT2D eigenvalue weighted by atomic mass is 9.85. The van der Waals surface area contributed by atoms with Crippen molar-refractivity contribution in [2.75, 3.05) is 0 Å². The molecule has 7 aromatic rings.